The molecule has 3 aromatic rings. The molecule has 0 aliphatic carbocycles. The highest BCUT2D eigenvalue weighted by atomic mass is 16.6. The molecule has 26 heavy (non-hydrogen) atoms. The Hall–Kier alpha value is -3.68. The van der Waals surface area contributed by atoms with Crippen LogP contribution in [0.15, 0.2) is 59.1 Å². The number of anilines is 1. The molecule has 0 saturated heterocycles. The van der Waals surface area contributed by atoms with Gasteiger partial charge in [-0.3, -0.25) is 10.1 Å². The van der Waals surface area contributed by atoms with Gasteiger partial charge in [-0.05, 0) is 6.07 Å². The van der Waals surface area contributed by atoms with Gasteiger partial charge in [0.15, 0.2) is 12.4 Å². The first-order chi connectivity index (χ1) is 12.6. The Morgan fingerprint density at radius 2 is 2.04 bits per heavy atom. The normalized spacial score (nSPS) is 10.3. The van der Waals surface area contributed by atoms with E-state index in [0.29, 0.717) is 11.4 Å². The third kappa shape index (κ3) is 3.69. The largest absolute Gasteiger partial charge is 0.452 e. The van der Waals surface area contributed by atoms with Crippen LogP contribution in [0.2, 0.25) is 0 Å². The van der Waals surface area contributed by atoms with Crippen LogP contribution >= 0.6 is 0 Å². The fourth-order valence-electron chi connectivity index (χ4n) is 2.35. The van der Waals surface area contributed by atoms with Crippen molar-refractivity contribution < 1.29 is 18.9 Å². The SMILES string of the molecule is CNc1ccc([N+](=O)[O-])cc1C(=O)OCc1ncc(-c2ccccc2)o1. The lowest BCUT2D eigenvalue weighted by Gasteiger charge is -2.08. The Kier molecular flexibility index (Phi) is 4.93. The summed E-state index contributed by atoms with van der Waals surface area (Å²) in [6, 6.07) is 13.3. The van der Waals surface area contributed by atoms with E-state index in [1.165, 1.54) is 18.2 Å². The molecule has 0 bridgehead atoms. The molecule has 8 nitrogen and oxygen atoms in total. The van der Waals surface area contributed by atoms with E-state index in [0.717, 1.165) is 5.56 Å². The van der Waals surface area contributed by atoms with Gasteiger partial charge < -0.3 is 14.5 Å². The van der Waals surface area contributed by atoms with Crippen LogP contribution in [0.3, 0.4) is 0 Å². The zero-order valence-corrected chi connectivity index (χ0v) is 13.8. The Morgan fingerprint density at radius 3 is 2.73 bits per heavy atom. The van der Waals surface area contributed by atoms with Gasteiger partial charge in [-0.2, -0.15) is 0 Å². The van der Waals surface area contributed by atoms with Crippen LogP contribution in [0.1, 0.15) is 16.2 Å². The molecule has 1 N–H and O–H groups in total. The molecule has 0 fully saturated rings. The summed E-state index contributed by atoms with van der Waals surface area (Å²) >= 11 is 0. The molecule has 0 atom stereocenters. The van der Waals surface area contributed by atoms with E-state index >= 15 is 0 Å². The number of rotatable bonds is 6. The molecule has 2 aromatic carbocycles. The molecule has 0 radical (unpaired) electrons. The maximum atomic E-state index is 12.3. The lowest BCUT2D eigenvalue weighted by Crippen LogP contribution is -2.09. The van der Waals surface area contributed by atoms with Gasteiger partial charge in [0.25, 0.3) is 5.69 Å². The summed E-state index contributed by atoms with van der Waals surface area (Å²) in [4.78, 5) is 26.7. The first kappa shape index (κ1) is 17.2. The number of nitrogens with zero attached hydrogens (tertiary/aromatic N) is 2. The molecule has 1 aromatic heterocycles. The number of ether oxygens (including phenoxy) is 1. The molecule has 3 rings (SSSR count). The highest BCUT2D eigenvalue weighted by Gasteiger charge is 2.18. The van der Waals surface area contributed by atoms with Gasteiger partial charge in [0.05, 0.1) is 16.7 Å². The van der Waals surface area contributed by atoms with Crippen molar-refractivity contribution in [2.75, 3.05) is 12.4 Å². The number of benzene rings is 2. The Labute approximate surface area is 148 Å². The number of esters is 1. The van der Waals surface area contributed by atoms with Crippen molar-refractivity contribution in [3.05, 3.63) is 76.3 Å². The van der Waals surface area contributed by atoms with Crippen molar-refractivity contribution in [2.24, 2.45) is 0 Å². The van der Waals surface area contributed by atoms with Crippen molar-refractivity contribution in [2.45, 2.75) is 6.61 Å². The van der Waals surface area contributed by atoms with E-state index in [-0.39, 0.29) is 23.7 Å². The maximum absolute atomic E-state index is 12.3. The van der Waals surface area contributed by atoms with Crippen molar-refractivity contribution in [3.8, 4) is 11.3 Å². The average molecular weight is 353 g/mol. The molecule has 0 aliphatic heterocycles. The number of carbonyl (C=O) groups is 1. The Bertz CT molecular complexity index is 937. The van der Waals surface area contributed by atoms with Gasteiger partial charge >= 0.3 is 5.97 Å². The lowest BCUT2D eigenvalue weighted by molar-refractivity contribution is -0.384. The number of nitro groups is 1. The number of nitro benzene ring substituents is 1. The smallest absolute Gasteiger partial charge is 0.341 e. The van der Waals surface area contributed by atoms with Crippen molar-refractivity contribution in [1.29, 1.82) is 0 Å². The summed E-state index contributed by atoms with van der Waals surface area (Å²) in [5.41, 5.74) is 1.15. The molecule has 0 unspecified atom stereocenters. The summed E-state index contributed by atoms with van der Waals surface area (Å²) in [7, 11) is 1.61. The maximum Gasteiger partial charge on any atom is 0.341 e. The summed E-state index contributed by atoms with van der Waals surface area (Å²) in [6.45, 7) is -0.183. The quantitative estimate of drug-likeness (QED) is 0.409. The second-order valence-electron chi connectivity index (χ2n) is 5.30. The molecule has 0 aliphatic rings. The van der Waals surface area contributed by atoms with Crippen LogP contribution in [0.25, 0.3) is 11.3 Å². The number of hydrogen-bond donors (Lipinski definition) is 1. The van der Waals surface area contributed by atoms with Gasteiger partial charge in [0, 0.05) is 30.4 Å². The van der Waals surface area contributed by atoms with Gasteiger partial charge in [0.2, 0.25) is 5.89 Å². The third-order valence-corrected chi connectivity index (χ3v) is 3.64. The minimum absolute atomic E-state index is 0.0662. The highest BCUT2D eigenvalue weighted by Crippen LogP contribution is 2.24. The van der Waals surface area contributed by atoms with E-state index in [2.05, 4.69) is 10.3 Å². The Balaban J connectivity index is 1.72. The summed E-state index contributed by atoms with van der Waals surface area (Å²) < 4.78 is 10.7. The zero-order chi connectivity index (χ0) is 18.5. The van der Waals surface area contributed by atoms with E-state index in [4.69, 9.17) is 9.15 Å². The van der Waals surface area contributed by atoms with Crippen LogP contribution in [0.5, 0.6) is 0 Å². The van der Waals surface area contributed by atoms with Crippen LogP contribution < -0.4 is 5.32 Å². The molecule has 0 saturated carbocycles. The second-order valence-corrected chi connectivity index (χ2v) is 5.30. The predicted octanol–water partition coefficient (Wildman–Crippen LogP) is 3.65. The monoisotopic (exact) mass is 353 g/mol. The van der Waals surface area contributed by atoms with Crippen LogP contribution in [-0.4, -0.2) is 22.9 Å². The summed E-state index contributed by atoms with van der Waals surface area (Å²) in [5.74, 6) is 0.0778. The Morgan fingerprint density at radius 1 is 1.27 bits per heavy atom. The predicted molar refractivity (Wildman–Crippen MR) is 93.7 cm³/mol. The first-order valence-corrected chi connectivity index (χ1v) is 7.72. The van der Waals surface area contributed by atoms with Crippen LogP contribution in [-0.2, 0) is 11.3 Å². The highest BCUT2D eigenvalue weighted by molar-refractivity contribution is 5.96. The number of aromatic nitrogens is 1. The third-order valence-electron chi connectivity index (χ3n) is 3.64. The molecule has 132 valence electrons. The minimum atomic E-state index is -0.711. The number of hydrogen-bond acceptors (Lipinski definition) is 7. The molecule has 1 heterocycles. The number of nitrogens with one attached hydrogen (secondary N) is 1. The fourth-order valence-corrected chi connectivity index (χ4v) is 2.35. The van der Waals surface area contributed by atoms with E-state index in [1.807, 2.05) is 30.3 Å². The zero-order valence-electron chi connectivity index (χ0n) is 13.8. The number of oxazole rings is 1. The fraction of sp³-hybridized carbons (Fsp3) is 0.111. The van der Waals surface area contributed by atoms with E-state index in [9.17, 15) is 14.9 Å². The van der Waals surface area contributed by atoms with Gasteiger partial charge in [-0.25, -0.2) is 9.78 Å². The molecule has 0 amide bonds. The molecule has 8 heteroatoms. The molecular formula is C18H15N3O5. The van der Waals surface area contributed by atoms with Crippen LogP contribution in [0, 0.1) is 10.1 Å². The molecular weight excluding hydrogens is 338 g/mol. The average Bonchev–Trinajstić information content (AvgIpc) is 3.15. The number of carbonyl (C=O) groups excluding carboxylic acids is 1. The first-order valence-electron chi connectivity index (χ1n) is 7.72. The molecule has 0 spiro atoms. The summed E-state index contributed by atoms with van der Waals surface area (Å²) in [5, 5.41) is 13.7. The van der Waals surface area contributed by atoms with Gasteiger partial charge in [-0.1, -0.05) is 30.3 Å². The van der Waals surface area contributed by atoms with E-state index < -0.39 is 10.9 Å². The van der Waals surface area contributed by atoms with Gasteiger partial charge in [-0.15, -0.1) is 0 Å². The summed E-state index contributed by atoms with van der Waals surface area (Å²) in [6.07, 6.45) is 1.55. The van der Waals surface area contributed by atoms with Gasteiger partial charge in [0.1, 0.15) is 0 Å². The van der Waals surface area contributed by atoms with Crippen molar-refractivity contribution in [1.82, 2.24) is 4.98 Å². The topological polar surface area (TPSA) is 108 Å². The van der Waals surface area contributed by atoms with Crippen molar-refractivity contribution in [3.63, 3.8) is 0 Å². The minimum Gasteiger partial charge on any atom is -0.452 e. The number of non-ortho nitro benzene ring substituents is 1. The van der Waals surface area contributed by atoms with Crippen molar-refractivity contribution >= 4 is 17.3 Å². The van der Waals surface area contributed by atoms with Crippen LogP contribution in [0.4, 0.5) is 11.4 Å². The van der Waals surface area contributed by atoms with E-state index in [1.54, 1.807) is 13.2 Å². The standard InChI is InChI=1S/C18H15N3O5/c1-19-15-8-7-13(21(23)24)9-14(15)18(22)25-11-17-20-10-16(26-17)12-5-3-2-4-6-12/h2-10,19H,11H2,1H3. The second kappa shape index (κ2) is 7.47. The lowest BCUT2D eigenvalue weighted by atomic mass is 10.1.